The van der Waals surface area contributed by atoms with Crippen molar-refractivity contribution in [2.24, 2.45) is 0 Å². The van der Waals surface area contributed by atoms with Crippen molar-refractivity contribution in [2.75, 3.05) is 6.54 Å². The number of hydrogen-bond acceptors (Lipinski definition) is 2. The fraction of sp³-hybridized carbons (Fsp3) is 0.0833. The number of aromatic nitrogens is 2. The highest BCUT2D eigenvalue weighted by molar-refractivity contribution is 6.30. The Morgan fingerprint density at radius 1 is 0.897 bits per heavy atom. The van der Waals surface area contributed by atoms with E-state index in [1.54, 1.807) is 10.9 Å². The van der Waals surface area contributed by atoms with Gasteiger partial charge < -0.3 is 5.32 Å². The van der Waals surface area contributed by atoms with Crippen LogP contribution >= 0.6 is 11.6 Å². The number of nitrogens with one attached hydrogen (secondary N) is 1. The summed E-state index contributed by atoms with van der Waals surface area (Å²) in [5, 5.41) is 8.41. The maximum atomic E-state index is 12.9. The molecule has 0 saturated heterocycles. The molecule has 0 radical (unpaired) electrons. The number of nitrogens with zero attached hydrogens (tertiary/aromatic N) is 2. The third-order valence-corrected chi connectivity index (χ3v) is 4.89. The lowest BCUT2D eigenvalue weighted by Crippen LogP contribution is -2.25. The van der Waals surface area contributed by atoms with Gasteiger partial charge in [0, 0.05) is 23.3 Å². The second kappa shape index (κ2) is 8.76. The van der Waals surface area contributed by atoms with Crippen LogP contribution in [0.4, 0.5) is 0 Å². The summed E-state index contributed by atoms with van der Waals surface area (Å²) in [6, 6.07) is 27.2. The topological polar surface area (TPSA) is 46.9 Å². The van der Waals surface area contributed by atoms with Crippen LogP contribution in [0.5, 0.6) is 0 Å². The normalized spacial score (nSPS) is 10.7. The highest BCUT2D eigenvalue weighted by atomic mass is 35.5. The maximum Gasteiger partial charge on any atom is 0.255 e. The molecule has 1 aromatic heterocycles. The quantitative estimate of drug-likeness (QED) is 0.484. The maximum absolute atomic E-state index is 12.9. The molecule has 29 heavy (non-hydrogen) atoms. The summed E-state index contributed by atoms with van der Waals surface area (Å²) in [6.45, 7) is 0.533. The molecule has 4 rings (SSSR count). The third-order valence-electron chi connectivity index (χ3n) is 4.64. The van der Waals surface area contributed by atoms with Crippen molar-refractivity contribution in [1.82, 2.24) is 15.1 Å². The molecule has 3 aromatic carbocycles. The number of rotatable bonds is 6. The van der Waals surface area contributed by atoms with E-state index in [0.717, 1.165) is 23.2 Å². The van der Waals surface area contributed by atoms with E-state index in [1.807, 2.05) is 84.9 Å². The standard InChI is InChI=1S/C24H20ClN3O/c25-20-13-11-18(12-14-20)15-16-26-24(29)22-17-28(21-9-5-2-6-10-21)27-23(22)19-7-3-1-4-8-19/h1-14,17H,15-16H2,(H,26,29). The second-order valence-corrected chi connectivity index (χ2v) is 7.11. The predicted octanol–water partition coefficient (Wildman–Crippen LogP) is 5.17. The van der Waals surface area contributed by atoms with Crippen molar-refractivity contribution in [2.45, 2.75) is 6.42 Å². The molecule has 0 fully saturated rings. The lowest BCUT2D eigenvalue weighted by atomic mass is 10.1. The first-order valence-electron chi connectivity index (χ1n) is 9.44. The molecule has 4 nitrogen and oxygen atoms in total. The number of carbonyl (C=O) groups excluding carboxylic acids is 1. The van der Waals surface area contributed by atoms with Crippen LogP contribution < -0.4 is 5.32 Å². The second-order valence-electron chi connectivity index (χ2n) is 6.67. The van der Waals surface area contributed by atoms with Gasteiger partial charge in [-0.3, -0.25) is 4.79 Å². The Morgan fingerprint density at radius 3 is 2.24 bits per heavy atom. The number of para-hydroxylation sites is 1. The predicted molar refractivity (Wildman–Crippen MR) is 116 cm³/mol. The molecule has 0 unspecified atom stereocenters. The van der Waals surface area contributed by atoms with Crippen molar-refractivity contribution in [1.29, 1.82) is 0 Å². The average Bonchev–Trinajstić information content (AvgIpc) is 3.22. The van der Waals surface area contributed by atoms with Gasteiger partial charge in [0.2, 0.25) is 0 Å². The van der Waals surface area contributed by atoms with Crippen molar-refractivity contribution < 1.29 is 4.79 Å². The van der Waals surface area contributed by atoms with E-state index in [0.29, 0.717) is 22.8 Å². The number of hydrogen-bond donors (Lipinski definition) is 1. The fourth-order valence-electron chi connectivity index (χ4n) is 3.13. The van der Waals surface area contributed by atoms with E-state index < -0.39 is 0 Å². The van der Waals surface area contributed by atoms with E-state index in [2.05, 4.69) is 10.4 Å². The van der Waals surface area contributed by atoms with Crippen LogP contribution in [0, 0.1) is 0 Å². The SMILES string of the molecule is O=C(NCCc1ccc(Cl)cc1)c1cn(-c2ccccc2)nc1-c1ccccc1. The number of amides is 1. The Labute approximate surface area is 174 Å². The lowest BCUT2D eigenvalue weighted by molar-refractivity contribution is 0.0955. The Hall–Kier alpha value is -3.37. The molecule has 0 spiro atoms. The van der Waals surface area contributed by atoms with Crippen LogP contribution in [-0.2, 0) is 6.42 Å². The van der Waals surface area contributed by atoms with E-state index in [4.69, 9.17) is 11.6 Å². The van der Waals surface area contributed by atoms with Crippen LogP contribution in [-0.4, -0.2) is 22.2 Å². The minimum absolute atomic E-state index is 0.139. The molecule has 1 heterocycles. The molecule has 144 valence electrons. The molecular formula is C24H20ClN3O. The molecule has 5 heteroatoms. The number of carbonyl (C=O) groups is 1. The van der Waals surface area contributed by atoms with Gasteiger partial charge in [0.05, 0.1) is 11.3 Å². The van der Waals surface area contributed by atoms with Crippen LogP contribution in [0.25, 0.3) is 16.9 Å². The summed E-state index contributed by atoms with van der Waals surface area (Å²) in [4.78, 5) is 12.9. The molecule has 0 aliphatic carbocycles. The van der Waals surface area contributed by atoms with Gasteiger partial charge in [0.15, 0.2) is 0 Å². The van der Waals surface area contributed by atoms with Crippen molar-refractivity contribution in [3.05, 3.63) is 107 Å². The van der Waals surface area contributed by atoms with Gasteiger partial charge in [-0.15, -0.1) is 0 Å². The summed E-state index contributed by atoms with van der Waals surface area (Å²) in [7, 11) is 0. The van der Waals surface area contributed by atoms with Gasteiger partial charge in [-0.25, -0.2) is 4.68 Å². The molecule has 0 aliphatic heterocycles. The monoisotopic (exact) mass is 401 g/mol. The first-order valence-corrected chi connectivity index (χ1v) is 9.81. The molecular weight excluding hydrogens is 382 g/mol. The summed E-state index contributed by atoms with van der Waals surface area (Å²) >= 11 is 5.93. The minimum Gasteiger partial charge on any atom is -0.352 e. The molecule has 1 amide bonds. The van der Waals surface area contributed by atoms with Gasteiger partial charge in [-0.2, -0.15) is 5.10 Å². The van der Waals surface area contributed by atoms with Crippen LogP contribution in [0.3, 0.4) is 0 Å². The van der Waals surface area contributed by atoms with Crippen molar-refractivity contribution in [3.8, 4) is 16.9 Å². The molecule has 1 N–H and O–H groups in total. The minimum atomic E-state index is -0.139. The summed E-state index contributed by atoms with van der Waals surface area (Å²) in [6.07, 6.45) is 2.52. The Morgan fingerprint density at radius 2 is 1.55 bits per heavy atom. The van der Waals surface area contributed by atoms with E-state index in [-0.39, 0.29) is 5.91 Å². The average molecular weight is 402 g/mol. The van der Waals surface area contributed by atoms with Crippen molar-refractivity contribution >= 4 is 17.5 Å². The Kier molecular flexibility index (Phi) is 5.73. The Bertz CT molecular complexity index is 1090. The smallest absolute Gasteiger partial charge is 0.255 e. The molecule has 0 aliphatic rings. The van der Waals surface area contributed by atoms with Gasteiger partial charge in [-0.1, -0.05) is 72.3 Å². The largest absolute Gasteiger partial charge is 0.352 e. The lowest BCUT2D eigenvalue weighted by Gasteiger charge is -2.06. The van der Waals surface area contributed by atoms with Gasteiger partial charge in [0.25, 0.3) is 5.91 Å². The van der Waals surface area contributed by atoms with E-state index >= 15 is 0 Å². The first kappa shape index (κ1) is 19.0. The van der Waals surface area contributed by atoms with E-state index in [1.165, 1.54) is 0 Å². The zero-order valence-electron chi connectivity index (χ0n) is 15.8. The fourth-order valence-corrected chi connectivity index (χ4v) is 3.25. The van der Waals surface area contributed by atoms with Crippen molar-refractivity contribution in [3.63, 3.8) is 0 Å². The molecule has 0 atom stereocenters. The summed E-state index contributed by atoms with van der Waals surface area (Å²) in [5.41, 5.74) is 4.16. The van der Waals surface area contributed by atoms with Crippen LogP contribution in [0.1, 0.15) is 15.9 Å². The highest BCUT2D eigenvalue weighted by Gasteiger charge is 2.18. The number of benzene rings is 3. The van der Waals surface area contributed by atoms with Gasteiger partial charge in [-0.05, 0) is 36.2 Å². The van der Waals surface area contributed by atoms with Gasteiger partial charge in [0.1, 0.15) is 5.69 Å². The first-order chi connectivity index (χ1) is 14.2. The molecule has 0 bridgehead atoms. The summed E-state index contributed by atoms with van der Waals surface area (Å²) in [5.74, 6) is -0.139. The zero-order valence-corrected chi connectivity index (χ0v) is 16.5. The number of halogens is 1. The zero-order chi connectivity index (χ0) is 20.1. The molecule has 4 aromatic rings. The van der Waals surface area contributed by atoms with Gasteiger partial charge >= 0.3 is 0 Å². The van der Waals surface area contributed by atoms with E-state index in [9.17, 15) is 4.79 Å². The van der Waals surface area contributed by atoms with Crippen LogP contribution in [0.2, 0.25) is 5.02 Å². The summed E-state index contributed by atoms with van der Waals surface area (Å²) < 4.78 is 1.75. The Balaban J connectivity index is 1.56. The molecule has 0 saturated carbocycles. The third kappa shape index (κ3) is 4.55. The van der Waals surface area contributed by atoms with Crippen LogP contribution in [0.15, 0.2) is 91.1 Å². The highest BCUT2D eigenvalue weighted by Crippen LogP contribution is 2.23.